The molecule has 5 nitrogen and oxygen atoms in total. The van der Waals surface area contributed by atoms with Crippen LogP contribution in [0.1, 0.15) is 5.56 Å². The van der Waals surface area contributed by atoms with E-state index in [9.17, 15) is 8.42 Å². The minimum absolute atomic E-state index is 0.0166. The zero-order valence-corrected chi connectivity index (χ0v) is 10.5. The predicted octanol–water partition coefficient (Wildman–Crippen LogP) is 1.90. The Balaban J connectivity index is 2.33. The molecular formula is C12H12N2O3S. The zero-order chi connectivity index (χ0) is 13.2. The van der Waals surface area contributed by atoms with E-state index in [1.54, 1.807) is 19.1 Å². The molecule has 1 aromatic heterocycles. The van der Waals surface area contributed by atoms with Crippen molar-refractivity contribution in [3.63, 3.8) is 0 Å². The van der Waals surface area contributed by atoms with Gasteiger partial charge in [0.05, 0.1) is 4.90 Å². The minimum Gasteiger partial charge on any atom is -0.508 e. The Kier molecular flexibility index (Phi) is 3.20. The van der Waals surface area contributed by atoms with Crippen LogP contribution >= 0.6 is 0 Å². The first-order chi connectivity index (χ1) is 8.49. The second-order valence-corrected chi connectivity index (χ2v) is 5.45. The number of rotatable bonds is 3. The molecular weight excluding hydrogens is 252 g/mol. The third-order valence-electron chi connectivity index (χ3n) is 2.39. The van der Waals surface area contributed by atoms with Gasteiger partial charge in [-0.2, -0.15) is 0 Å². The SMILES string of the molecule is Cc1cccnc1NS(=O)(=O)c1ccc(O)cc1. The summed E-state index contributed by atoms with van der Waals surface area (Å²) in [6.07, 6.45) is 1.52. The van der Waals surface area contributed by atoms with Crippen molar-refractivity contribution in [2.45, 2.75) is 11.8 Å². The van der Waals surface area contributed by atoms with E-state index in [4.69, 9.17) is 5.11 Å². The molecule has 1 heterocycles. The van der Waals surface area contributed by atoms with Crippen LogP contribution in [0.25, 0.3) is 0 Å². The van der Waals surface area contributed by atoms with Gasteiger partial charge in [0.15, 0.2) is 0 Å². The molecule has 0 saturated carbocycles. The van der Waals surface area contributed by atoms with Crippen LogP contribution in [0.5, 0.6) is 5.75 Å². The fourth-order valence-corrected chi connectivity index (χ4v) is 2.48. The van der Waals surface area contributed by atoms with E-state index >= 15 is 0 Å². The molecule has 2 rings (SSSR count). The molecule has 0 radical (unpaired) electrons. The molecule has 0 aliphatic heterocycles. The van der Waals surface area contributed by atoms with E-state index < -0.39 is 10.0 Å². The fraction of sp³-hybridized carbons (Fsp3) is 0.0833. The first kappa shape index (κ1) is 12.4. The lowest BCUT2D eigenvalue weighted by atomic mass is 10.3. The highest BCUT2D eigenvalue weighted by atomic mass is 32.2. The largest absolute Gasteiger partial charge is 0.508 e. The summed E-state index contributed by atoms with van der Waals surface area (Å²) >= 11 is 0. The molecule has 0 fully saturated rings. The Morgan fingerprint density at radius 3 is 2.44 bits per heavy atom. The van der Waals surface area contributed by atoms with Gasteiger partial charge in [-0.25, -0.2) is 13.4 Å². The Bertz CT molecular complexity index is 651. The van der Waals surface area contributed by atoms with Crippen LogP contribution in [0.4, 0.5) is 5.82 Å². The second kappa shape index (κ2) is 4.66. The lowest BCUT2D eigenvalue weighted by Crippen LogP contribution is -2.14. The standard InChI is InChI=1S/C12H12N2O3S/c1-9-3-2-8-13-12(9)14-18(16,17)11-6-4-10(15)5-7-11/h2-8,15H,1H3,(H,13,14). The van der Waals surface area contributed by atoms with Crippen LogP contribution < -0.4 is 4.72 Å². The van der Waals surface area contributed by atoms with Crippen molar-refractivity contribution in [1.82, 2.24) is 4.98 Å². The molecule has 2 N–H and O–H groups in total. The van der Waals surface area contributed by atoms with Gasteiger partial charge in [-0.05, 0) is 42.8 Å². The Morgan fingerprint density at radius 2 is 1.83 bits per heavy atom. The number of sulfonamides is 1. The molecule has 0 aliphatic carbocycles. The molecule has 1 aromatic carbocycles. The van der Waals surface area contributed by atoms with Gasteiger partial charge in [-0.15, -0.1) is 0 Å². The maximum absolute atomic E-state index is 12.0. The first-order valence-corrected chi connectivity index (χ1v) is 6.71. The zero-order valence-electron chi connectivity index (χ0n) is 9.66. The Labute approximate surface area is 105 Å². The van der Waals surface area contributed by atoms with Crippen molar-refractivity contribution in [3.8, 4) is 5.75 Å². The molecule has 0 atom stereocenters. The van der Waals surface area contributed by atoms with Gasteiger partial charge in [0.25, 0.3) is 10.0 Å². The molecule has 0 aliphatic rings. The number of aromatic nitrogens is 1. The van der Waals surface area contributed by atoms with Gasteiger partial charge < -0.3 is 5.11 Å². The lowest BCUT2D eigenvalue weighted by Gasteiger charge is -2.09. The van der Waals surface area contributed by atoms with Crippen molar-refractivity contribution >= 4 is 15.8 Å². The highest BCUT2D eigenvalue weighted by molar-refractivity contribution is 7.92. The van der Waals surface area contributed by atoms with Crippen molar-refractivity contribution in [1.29, 1.82) is 0 Å². The summed E-state index contributed by atoms with van der Waals surface area (Å²) < 4.78 is 26.5. The van der Waals surface area contributed by atoms with Crippen LogP contribution in [-0.4, -0.2) is 18.5 Å². The first-order valence-electron chi connectivity index (χ1n) is 5.22. The van der Waals surface area contributed by atoms with Crippen LogP contribution in [0, 0.1) is 6.92 Å². The van der Waals surface area contributed by atoms with Gasteiger partial charge in [-0.1, -0.05) is 6.07 Å². The maximum Gasteiger partial charge on any atom is 0.263 e. The summed E-state index contributed by atoms with van der Waals surface area (Å²) in [4.78, 5) is 4.04. The van der Waals surface area contributed by atoms with E-state index in [1.165, 1.54) is 30.5 Å². The fourth-order valence-electron chi connectivity index (χ4n) is 1.40. The predicted molar refractivity (Wildman–Crippen MR) is 67.9 cm³/mol. The number of phenolic OH excluding ortho intramolecular Hbond substituents is 1. The van der Waals surface area contributed by atoms with Gasteiger partial charge in [-0.3, -0.25) is 4.72 Å². The summed E-state index contributed by atoms with van der Waals surface area (Å²) in [7, 11) is -3.68. The van der Waals surface area contributed by atoms with E-state index in [2.05, 4.69) is 9.71 Å². The monoisotopic (exact) mass is 264 g/mol. The average molecular weight is 264 g/mol. The molecule has 0 spiro atoms. The quantitative estimate of drug-likeness (QED) is 0.887. The number of pyridine rings is 1. The van der Waals surface area contributed by atoms with Crippen molar-refractivity contribution in [3.05, 3.63) is 48.2 Å². The number of aryl methyl sites for hydroxylation is 1. The molecule has 0 bridgehead atoms. The van der Waals surface area contributed by atoms with Crippen molar-refractivity contribution in [2.24, 2.45) is 0 Å². The second-order valence-electron chi connectivity index (χ2n) is 3.77. The number of phenols is 1. The van der Waals surface area contributed by atoms with E-state index in [0.717, 1.165) is 5.56 Å². The van der Waals surface area contributed by atoms with E-state index in [0.29, 0.717) is 5.82 Å². The van der Waals surface area contributed by atoms with E-state index in [-0.39, 0.29) is 10.6 Å². The number of benzene rings is 1. The van der Waals surface area contributed by atoms with Gasteiger partial charge in [0, 0.05) is 6.20 Å². The average Bonchev–Trinajstić information content (AvgIpc) is 2.32. The summed E-state index contributed by atoms with van der Waals surface area (Å²) in [6.45, 7) is 1.77. The number of nitrogens with zero attached hydrogens (tertiary/aromatic N) is 1. The maximum atomic E-state index is 12.0. The minimum atomic E-state index is -3.68. The molecule has 18 heavy (non-hydrogen) atoms. The lowest BCUT2D eigenvalue weighted by molar-refractivity contribution is 0.475. The van der Waals surface area contributed by atoms with Gasteiger partial charge >= 0.3 is 0 Å². The summed E-state index contributed by atoms with van der Waals surface area (Å²) in [5.41, 5.74) is 0.736. The van der Waals surface area contributed by atoms with Crippen molar-refractivity contribution in [2.75, 3.05) is 4.72 Å². The topological polar surface area (TPSA) is 79.3 Å². The normalized spacial score (nSPS) is 11.2. The molecule has 2 aromatic rings. The third kappa shape index (κ3) is 2.60. The number of aromatic hydroxyl groups is 1. The number of hydrogen-bond donors (Lipinski definition) is 2. The molecule has 0 amide bonds. The molecule has 0 unspecified atom stereocenters. The number of nitrogens with one attached hydrogen (secondary N) is 1. The van der Waals surface area contributed by atoms with Gasteiger partial charge in [0.2, 0.25) is 0 Å². The number of anilines is 1. The highest BCUT2D eigenvalue weighted by Gasteiger charge is 2.15. The number of hydrogen-bond acceptors (Lipinski definition) is 4. The summed E-state index contributed by atoms with van der Waals surface area (Å²) in [6, 6.07) is 8.79. The third-order valence-corrected chi connectivity index (χ3v) is 3.74. The summed E-state index contributed by atoms with van der Waals surface area (Å²) in [5.74, 6) is 0.313. The molecule has 94 valence electrons. The summed E-state index contributed by atoms with van der Waals surface area (Å²) in [5, 5.41) is 9.13. The molecule has 0 saturated heterocycles. The Morgan fingerprint density at radius 1 is 1.17 bits per heavy atom. The van der Waals surface area contributed by atoms with Gasteiger partial charge in [0.1, 0.15) is 11.6 Å². The molecule has 6 heteroatoms. The smallest absolute Gasteiger partial charge is 0.263 e. The van der Waals surface area contributed by atoms with Crippen LogP contribution in [0.2, 0.25) is 0 Å². The Hall–Kier alpha value is -2.08. The highest BCUT2D eigenvalue weighted by Crippen LogP contribution is 2.18. The van der Waals surface area contributed by atoms with E-state index in [1.807, 2.05) is 0 Å². The van der Waals surface area contributed by atoms with Crippen molar-refractivity contribution < 1.29 is 13.5 Å². The van der Waals surface area contributed by atoms with Crippen LogP contribution in [0.3, 0.4) is 0 Å². The van der Waals surface area contributed by atoms with Crippen LogP contribution in [-0.2, 0) is 10.0 Å². The van der Waals surface area contributed by atoms with Crippen LogP contribution in [0.15, 0.2) is 47.5 Å².